The molecule has 0 heterocycles. The second-order valence-electron chi connectivity index (χ2n) is 6.11. The number of benzene rings is 2. The van der Waals surface area contributed by atoms with Crippen molar-refractivity contribution in [3.05, 3.63) is 58.1 Å². The Morgan fingerprint density at radius 3 is 2.64 bits per heavy atom. The van der Waals surface area contributed by atoms with Crippen LogP contribution in [0.4, 0.5) is 0 Å². The predicted molar refractivity (Wildman–Crippen MR) is 104 cm³/mol. The fraction of sp³-hybridized carbons (Fsp3) is 0.286. The van der Waals surface area contributed by atoms with Gasteiger partial charge in [0, 0.05) is 4.47 Å². The first-order chi connectivity index (χ1) is 12.2. The van der Waals surface area contributed by atoms with Crippen LogP contribution in [0.2, 0.25) is 0 Å². The van der Waals surface area contributed by atoms with Gasteiger partial charge in [-0.15, -0.1) is 0 Å². The molecule has 3 rings (SSSR count). The lowest BCUT2D eigenvalue weighted by molar-refractivity contribution is 0.201. The molecule has 1 saturated carbocycles. The highest BCUT2D eigenvalue weighted by Gasteiger charge is 2.18. The fourth-order valence-electron chi connectivity index (χ4n) is 3.06. The zero-order valence-corrected chi connectivity index (χ0v) is 15.8. The maximum atomic E-state index is 9.54. The zero-order valence-electron chi connectivity index (χ0n) is 14.2. The lowest BCUT2D eigenvalue weighted by Crippen LogP contribution is -2.11. The maximum Gasteiger partial charge on any atom is 0.162 e. The van der Waals surface area contributed by atoms with E-state index in [0.29, 0.717) is 5.57 Å². The highest BCUT2D eigenvalue weighted by molar-refractivity contribution is 9.10. The largest absolute Gasteiger partial charge is 0.493 e. The van der Waals surface area contributed by atoms with E-state index in [4.69, 9.17) is 9.47 Å². The number of hydrogen-bond donors (Lipinski definition) is 0. The summed E-state index contributed by atoms with van der Waals surface area (Å²) in [5.41, 5.74) is 2.41. The summed E-state index contributed by atoms with van der Waals surface area (Å²) in [6.07, 6.45) is 6.74. The molecule has 2 aromatic carbocycles. The van der Waals surface area contributed by atoms with Gasteiger partial charge in [-0.3, -0.25) is 0 Å². The Hall–Kier alpha value is -2.25. The van der Waals surface area contributed by atoms with Crippen molar-refractivity contribution in [1.29, 1.82) is 5.26 Å². The molecular formula is C21H20BrNO2. The van der Waals surface area contributed by atoms with Gasteiger partial charge in [-0.05, 0) is 67.2 Å². The second-order valence-corrected chi connectivity index (χ2v) is 7.03. The van der Waals surface area contributed by atoms with Crippen LogP contribution in [0, 0.1) is 11.3 Å². The average Bonchev–Trinajstić information content (AvgIpc) is 3.13. The molecule has 0 unspecified atom stereocenters. The van der Waals surface area contributed by atoms with Crippen LogP contribution in [0.5, 0.6) is 11.5 Å². The number of allylic oxidation sites excluding steroid dienone is 1. The summed E-state index contributed by atoms with van der Waals surface area (Å²) >= 11 is 3.45. The molecule has 1 aliphatic carbocycles. The number of ether oxygens (including phenoxy) is 2. The summed E-state index contributed by atoms with van der Waals surface area (Å²) in [6, 6.07) is 15.8. The molecule has 0 aromatic heterocycles. The Labute approximate surface area is 157 Å². The predicted octanol–water partition coefficient (Wildman–Crippen LogP) is 5.84. The molecule has 0 radical (unpaired) electrons. The van der Waals surface area contributed by atoms with Gasteiger partial charge in [0.2, 0.25) is 0 Å². The van der Waals surface area contributed by atoms with Gasteiger partial charge < -0.3 is 9.47 Å². The van der Waals surface area contributed by atoms with Crippen LogP contribution in [0.15, 0.2) is 46.9 Å². The van der Waals surface area contributed by atoms with Gasteiger partial charge >= 0.3 is 0 Å². The van der Waals surface area contributed by atoms with Gasteiger partial charge in [0.1, 0.15) is 0 Å². The molecule has 0 amide bonds. The first-order valence-electron chi connectivity index (χ1n) is 8.42. The fourth-order valence-corrected chi connectivity index (χ4v) is 3.46. The minimum Gasteiger partial charge on any atom is -0.493 e. The third kappa shape index (κ3) is 4.43. The zero-order chi connectivity index (χ0) is 17.6. The minimum atomic E-state index is 0.258. The van der Waals surface area contributed by atoms with E-state index < -0.39 is 0 Å². The summed E-state index contributed by atoms with van der Waals surface area (Å²) in [5.74, 6) is 1.47. The molecule has 0 spiro atoms. The third-order valence-corrected chi connectivity index (χ3v) is 4.84. The molecule has 0 atom stereocenters. The summed E-state index contributed by atoms with van der Waals surface area (Å²) in [7, 11) is 1.65. The normalized spacial score (nSPS) is 15.0. The standard InChI is InChI=1S/C21H20BrNO2/c1-24-20-10-9-15(12-21(20)25-19-7-2-3-8-19)11-17(14-23)16-5-4-6-18(22)13-16/h4-6,9-13,19H,2-3,7-8H2,1H3. The van der Waals surface area contributed by atoms with E-state index >= 15 is 0 Å². The Bertz CT molecular complexity index is 817. The first kappa shape index (κ1) is 17.6. The highest BCUT2D eigenvalue weighted by Crippen LogP contribution is 2.33. The van der Waals surface area contributed by atoms with Crippen molar-refractivity contribution in [3.8, 4) is 17.6 Å². The molecule has 0 aliphatic heterocycles. The number of nitrogens with zero attached hydrogens (tertiary/aromatic N) is 1. The van der Waals surface area contributed by atoms with E-state index in [2.05, 4.69) is 22.0 Å². The van der Waals surface area contributed by atoms with Crippen molar-refractivity contribution in [2.24, 2.45) is 0 Å². The Morgan fingerprint density at radius 2 is 1.96 bits per heavy atom. The van der Waals surface area contributed by atoms with E-state index in [1.165, 1.54) is 12.8 Å². The summed E-state index contributed by atoms with van der Waals surface area (Å²) in [6.45, 7) is 0. The van der Waals surface area contributed by atoms with Crippen LogP contribution in [0.3, 0.4) is 0 Å². The minimum absolute atomic E-state index is 0.258. The summed E-state index contributed by atoms with van der Waals surface area (Å²) in [4.78, 5) is 0. The van der Waals surface area contributed by atoms with Gasteiger partial charge in [0.05, 0.1) is 24.9 Å². The monoisotopic (exact) mass is 397 g/mol. The molecule has 1 fully saturated rings. The average molecular weight is 398 g/mol. The van der Waals surface area contributed by atoms with Gasteiger partial charge in [-0.25, -0.2) is 0 Å². The summed E-state index contributed by atoms with van der Waals surface area (Å²) < 4.78 is 12.5. The molecular weight excluding hydrogens is 378 g/mol. The van der Waals surface area contributed by atoms with Gasteiger partial charge in [-0.2, -0.15) is 5.26 Å². The highest BCUT2D eigenvalue weighted by atomic mass is 79.9. The van der Waals surface area contributed by atoms with E-state index in [9.17, 15) is 5.26 Å². The quantitative estimate of drug-likeness (QED) is 0.469. The Morgan fingerprint density at radius 1 is 1.16 bits per heavy atom. The van der Waals surface area contributed by atoms with Crippen LogP contribution in [0.1, 0.15) is 36.8 Å². The maximum absolute atomic E-state index is 9.54. The molecule has 4 heteroatoms. The van der Waals surface area contributed by atoms with Crippen molar-refractivity contribution in [1.82, 2.24) is 0 Å². The number of methoxy groups -OCH3 is 1. The van der Waals surface area contributed by atoms with Crippen LogP contribution in [-0.4, -0.2) is 13.2 Å². The molecule has 1 aliphatic rings. The third-order valence-electron chi connectivity index (χ3n) is 4.35. The Balaban J connectivity index is 1.91. The molecule has 0 N–H and O–H groups in total. The molecule has 3 nitrogen and oxygen atoms in total. The van der Waals surface area contributed by atoms with Gasteiger partial charge in [0.25, 0.3) is 0 Å². The number of rotatable bonds is 5. The van der Waals surface area contributed by atoms with Gasteiger partial charge in [0.15, 0.2) is 11.5 Å². The molecule has 0 saturated heterocycles. The number of hydrogen-bond acceptors (Lipinski definition) is 3. The van der Waals surface area contributed by atoms with E-state index in [1.54, 1.807) is 7.11 Å². The van der Waals surface area contributed by atoms with Crippen LogP contribution in [0.25, 0.3) is 11.6 Å². The SMILES string of the molecule is COc1ccc(C=C(C#N)c2cccc(Br)c2)cc1OC1CCCC1. The summed E-state index contributed by atoms with van der Waals surface area (Å²) in [5, 5.41) is 9.54. The van der Waals surface area contributed by atoms with E-state index in [0.717, 1.165) is 39.9 Å². The van der Waals surface area contributed by atoms with Crippen molar-refractivity contribution in [3.63, 3.8) is 0 Å². The van der Waals surface area contributed by atoms with E-state index in [1.807, 2.05) is 48.5 Å². The topological polar surface area (TPSA) is 42.2 Å². The van der Waals surface area contributed by atoms with Crippen LogP contribution in [-0.2, 0) is 0 Å². The van der Waals surface area contributed by atoms with Crippen LogP contribution < -0.4 is 9.47 Å². The molecule has 0 bridgehead atoms. The van der Waals surface area contributed by atoms with Gasteiger partial charge in [-0.1, -0.05) is 34.1 Å². The van der Waals surface area contributed by atoms with Crippen molar-refractivity contribution in [2.45, 2.75) is 31.8 Å². The number of nitriles is 1. The van der Waals surface area contributed by atoms with E-state index in [-0.39, 0.29) is 6.10 Å². The van der Waals surface area contributed by atoms with Crippen LogP contribution >= 0.6 is 15.9 Å². The van der Waals surface area contributed by atoms with Crippen molar-refractivity contribution in [2.75, 3.05) is 7.11 Å². The lowest BCUT2D eigenvalue weighted by Gasteiger charge is -2.16. The molecule has 25 heavy (non-hydrogen) atoms. The molecule has 2 aromatic rings. The Kier molecular flexibility index (Phi) is 5.78. The second kappa shape index (κ2) is 8.22. The van der Waals surface area contributed by atoms with Crippen molar-refractivity contribution < 1.29 is 9.47 Å². The molecule has 128 valence electrons. The smallest absolute Gasteiger partial charge is 0.162 e. The lowest BCUT2D eigenvalue weighted by atomic mass is 10.0. The number of halogens is 1. The van der Waals surface area contributed by atoms with Crippen molar-refractivity contribution >= 4 is 27.6 Å². The first-order valence-corrected chi connectivity index (χ1v) is 9.21.